The standard InChI is InChI=1S/C13H13ClN2O2S/c1-2-18-13(17)11(12-15-7-8-19-12)16-10-5-3-9(14)4-6-10/h3-8,11,16H,2H2,1H3. The second-order valence-electron chi connectivity index (χ2n) is 3.71. The summed E-state index contributed by atoms with van der Waals surface area (Å²) in [4.78, 5) is 16.1. The van der Waals surface area contributed by atoms with Gasteiger partial charge in [-0.15, -0.1) is 11.3 Å². The predicted molar refractivity (Wildman–Crippen MR) is 76.6 cm³/mol. The zero-order valence-electron chi connectivity index (χ0n) is 10.3. The molecular formula is C13H13ClN2O2S. The molecule has 1 N–H and O–H groups in total. The van der Waals surface area contributed by atoms with E-state index in [2.05, 4.69) is 10.3 Å². The van der Waals surface area contributed by atoms with Gasteiger partial charge in [0.25, 0.3) is 0 Å². The lowest BCUT2D eigenvalue weighted by Gasteiger charge is -2.16. The van der Waals surface area contributed by atoms with Gasteiger partial charge in [0, 0.05) is 22.3 Å². The highest BCUT2D eigenvalue weighted by atomic mass is 35.5. The van der Waals surface area contributed by atoms with Gasteiger partial charge in [-0.3, -0.25) is 0 Å². The third-order valence-corrected chi connectivity index (χ3v) is 3.47. The van der Waals surface area contributed by atoms with Crippen LogP contribution in [-0.2, 0) is 9.53 Å². The number of carbonyl (C=O) groups excluding carboxylic acids is 1. The first-order valence-corrected chi connectivity index (χ1v) is 7.04. The van der Waals surface area contributed by atoms with Gasteiger partial charge in [-0.05, 0) is 31.2 Å². The van der Waals surface area contributed by atoms with E-state index >= 15 is 0 Å². The molecule has 100 valence electrons. The van der Waals surface area contributed by atoms with E-state index in [-0.39, 0.29) is 5.97 Å². The van der Waals surface area contributed by atoms with Crippen LogP contribution >= 0.6 is 22.9 Å². The number of esters is 1. The van der Waals surface area contributed by atoms with E-state index in [1.165, 1.54) is 11.3 Å². The van der Waals surface area contributed by atoms with Gasteiger partial charge in [0.05, 0.1) is 6.61 Å². The lowest BCUT2D eigenvalue weighted by Crippen LogP contribution is -2.23. The molecular weight excluding hydrogens is 284 g/mol. The highest BCUT2D eigenvalue weighted by Gasteiger charge is 2.24. The molecule has 0 aliphatic carbocycles. The number of nitrogens with one attached hydrogen (secondary N) is 1. The average Bonchev–Trinajstić information content (AvgIpc) is 2.92. The molecule has 2 aromatic rings. The Kier molecular flexibility index (Phi) is 4.76. The Morgan fingerprint density at radius 1 is 1.47 bits per heavy atom. The summed E-state index contributed by atoms with van der Waals surface area (Å²) in [7, 11) is 0. The van der Waals surface area contributed by atoms with Crippen molar-refractivity contribution in [1.82, 2.24) is 4.98 Å². The summed E-state index contributed by atoms with van der Waals surface area (Å²) >= 11 is 7.24. The normalized spacial score (nSPS) is 11.9. The van der Waals surface area contributed by atoms with Crippen molar-refractivity contribution in [2.24, 2.45) is 0 Å². The molecule has 4 nitrogen and oxygen atoms in total. The molecule has 1 aromatic heterocycles. The summed E-state index contributed by atoms with van der Waals surface area (Å²) in [5.74, 6) is -0.340. The lowest BCUT2D eigenvalue weighted by molar-refractivity contribution is -0.144. The predicted octanol–water partition coefficient (Wildman–Crippen LogP) is 3.51. The van der Waals surface area contributed by atoms with Gasteiger partial charge in [-0.25, -0.2) is 9.78 Å². The molecule has 0 saturated carbocycles. The Morgan fingerprint density at radius 2 is 2.21 bits per heavy atom. The van der Waals surface area contributed by atoms with Crippen molar-refractivity contribution in [1.29, 1.82) is 0 Å². The van der Waals surface area contributed by atoms with Crippen molar-refractivity contribution in [3.8, 4) is 0 Å². The Labute approximate surface area is 120 Å². The molecule has 0 aliphatic heterocycles. The summed E-state index contributed by atoms with van der Waals surface area (Å²) in [6.45, 7) is 2.11. The number of ether oxygens (including phenoxy) is 1. The van der Waals surface area contributed by atoms with Crippen LogP contribution in [0.4, 0.5) is 5.69 Å². The fourth-order valence-electron chi connectivity index (χ4n) is 1.54. The number of anilines is 1. The van der Waals surface area contributed by atoms with E-state index in [9.17, 15) is 4.79 Å². The Bertz CT molecular complexity index is 528. The van der Waals surface area contributed by atoms with Crippen molar-refractivity contribution >= 4 is 34.6 Å². The van der Waals surface area contributed by atoms with Crippen molar-refractivity contribution < 1.29 is 9.53 Å². The summed E-state index contributed by atoms with van der Waals surface area (Å²) in [5.41, 5.74) is 0.789. The number of thiazole rings is 1. The minimum absolute atomic E-state index is 0.336. The van der Waals surface area contributed by atoms with Crippen LogP contribution in [0.3, 0.4) is 0 Å². The van der Waals surface area contributed by atoms with Crippen LogP contribution in [-0.4, -0.2) is 17.6 Å². The first kappa shape index (κ1) is 13.8. The molecule has 1 unspecified atom stereocenters. The fraction of sp³-hybridized carbons (Fsp3) is 0.231. The molecule has 0 spiro atoms. The number of hydrogen-bond acceptors (Lipinski definition) is 5. The molecule has 1 heterocycles. The van der Waals surface area contributed by atoms with Gasteiger partial charge in [-0.1, -0.05) is 11.6 Å². The molecule has 0 radical (unpaired) electrons. The largest absolute Gasteiger partial charge is 0.464 e. The highest BCUT2D eigenvalue weighted by molar-refractivity contribution is 7.09. The van der Waals surface area contributed by atoms with E-state index in [0.29, 0.717) is 16.6 Å². The first-order chi connectivity index (χ1) is 9.20. The van der Waals surface area contributed by atoms with Crippen molar-refractivity contribution in [2.45, 2.75) is 13.0 Å². The molecule has 19 heavy (non-hydrogen) atoms. The molecule has 2 rings (SSSR count). The third kappa shape index (κ3) is 3.68. The zero-order chi connectivity index (χ0) is 13.7. The van der Waals surface area contributed by atoms with Crippen molar-refractivity contribution in [3.63, 3.8) is 0 Å². The van der Waals surface area contributed by atoms with E-state index in [1.54, 1.807) is 25.3 Å². The quantitative estimate of drug-likeness (QED) is 0.858. The summed E-state index contributed by atoms with van der Waals surface area (Å²) in [6.07, 6.45) is 1.66. The van der Waals surface area contributed by atoms with Crippen LogP contribution in [0.1, 0.15) is 18.0 Å². The molecule has 0 fully saturated rings. The number of hydrogen-bond donors (Lipinski definition) is 1. The number of aromatic nitrogens is 1. The molecule has 0 aliphatic rings. The molecule has 0 amide bonds. The van der Waals surface area contributed by atoms with Crippen LogP contribution in [0.25, 0.3) is 0 Å². The minimum Gasteiger partial charge on any atom is -0.464 e. The number of benzene rings is 1. The van der Waals surface area contributed by atoms with Crippen LogP contribution < -0.4 is 5.32 Å². The maximum atomic E-state index is 12.0. The van der Waals surface area contributed by atoms with Crippen LogP contribution in [0.5, 0.6) is 0 Å². The molecule has 1 atom stereocenters. The molecule has 0 saturated heterocycles. The van der Waals surface area contributed by atoms with Gasteiger partial charge in [0.1, 0.15) is 5.01 Å². The molecule has 6 heteroatoms. The topological polar surface area (TPSA) is 51.2 Å². The van der Waals surface area contributed by atoms with Gasteiger partial charge >= 0.3 is 5.97 Å². The highest BCUT2D eigenvalue weighted by Crippen LogP contribution is 2.23. The van der Waals surface area contributed by atoms with E-state index in [4.69, 9.17) is 16.3 Å². The van der Waals surface area contributed by atoms with E-state index < -0.39 is 6.04 Å². The third-order valence-electron chi connectivity index (χ3n) is 2.38. The summed E-state index contributed by atoms with van der Waals surface area (Å²) < 4.78 is 5.06. The zero-order valence-corrected chi connectivity index (χ0v) is 11.9. The summed E-state index contributed by atoms with van der Waals surface area (Å²) in [5, 5.41) is 6.25. The number of rotatable bonds is 5. The maximum Gasteiger partial charge on any atom is 0.335 e. The number of carbonyl (C=O) groups is 1. The SMILES string of the molecule is CCOC(=O)C(Nc1ccc(Cl)cc1)c1nccs1. The second kappa shape index (κ2) is 6.54. The van der Waals surface area contributed by atoms with Gasteiger partial charge in [0.15, 0.2) is 6.04 Å². The Balaban J connectivity index is 2.18. The molecule has 1 aromatic carbocycles. The summed E-state index contributed by atoms with van der Waals surface area (Å²) in [6, 6.07) is 6.54. The van der Waals surface area contributed by atoms with Crippen LogP contribution in [0, 0.1) is 0 Å². The lowest BCUT2D eigenvalue weighted by atomic mass is 10.2. The number of halogens is 1. The second-order valence-corrected chi connectivity index (χ2v) is 5.07. The average molecular weight is 297 g/mol. The first-order valence-electron chi connectivity index (χ1n) is 5.79. The Hall–Kier alpha value is -1.59. The van der Waals surface area contributed by atoms with Crippen LogP contribution in [0.15, 0.2) is 35.8 Å². The van der Waals surface area contributed by atoms with Gasteiger partial charge in [0.2, 0.25) is 0 Å². The van der Waals surface area contributed by atoms with Gasteiger partial charge in [-0.2, -0.15) is 0 Å². The van der Waals surface area contributed by atoms with E-state index in [1.807, 2.05) is 17.5 Å². The smallest absolute Gasteiger partial charge is 0.335 e. The Morgan fingerprint density at radius 3 is 2.79 bits per heavy atom. The van der Waals surface area contributed by atoms with Crippen LogP contribution in [0.2, 0.25) is 5.02 Å². The maximum absolute atomic E-state index is 12.0. The monoisotopic (exact) mass is 296 g/mol. The number of nitrogens with zero attached hydrogens (tertiary/aromatic N) is 1. The fourth-order valence-corrected chi connectivity index (χ4v) is 2.34. The minimum atomic E-state index is -0.596. The van der Waals surface area contributed by atoms with Crippen molar-refractivity contribution in [3.05, 3.63) is 45.9 Å². The van der Waals surface area contributed by atoms with Crippen molar-refractivity contribution in [2.75, 3.05) is 11.9 Å². The van der Waals surface area contributed by atoms with Gasteiger partial charge < -0.3 is 10.1 Å². The molecule has 0 bridgehead atoms. The van der Waals surface area contributed by atoms with E-state index in [0.717, 1.165) is 5.69 Å².